The second kappa shape index (κ2) is 6.40. The van der Waals surface area contributed by atoms with E-state index in [-0.39, 0.29) is 22.8 Å². The lowest BCUT2D eigenvalue weighted by atomic mass is 10.2. The molecular formula is C16H13N5O4. The molecule has 2 N–H and O–H groups in total. The van der Waals surface area contributed by atoms with Crippen LogP contribution in [0.3, 0.4) is 0 Å². The van der Waals surface area contributed by atoms with Gasteiger partial charge in [-0.3, -0.25) is 20.3 Å². The molecule has 9 heteroatoms. The fourth-order valence-corrected chi connectivity index (χ4v) is 2.22. The predicted octanol–water partition coefficient (Wildman–Crippen LogP) is 2.49. The van der Waals surface area contributed by atoms with Crippen molar-refractivity contribution >= 4 is 34.4 Å². The van der Waals surface area contributed by atoms with Crippen molar-refractivity contribution in [2.45, 2.75) is 6.92 Å². The number of nitrogens with one attached hydrogen (secondary N) is 1. The minimum atomic E-state index is -0.621. The molecule has 25 heavy (non-hydrogen) atoms. The first kappa shape index (κ1) is 16.1. The summed E-state index contributed by atoms with van der Waals surface area (Å²) in [6.07, 6.45) is 0. The highest BCUT2D eigenvalue weighted by Gasteiger charge is 2.30. The Kier molecular flexibility index (Phi) is 4.12. The Balaban J connectivity index is 1.82. The summed E-state index contributed by atoms with van der Waals surface area (Å²) in [5.41, 5.74) is 3.52. The fraction of sp³-hybridized carbons (Fsp3) is 0.0625. The average Bonchev–Trinajstić information content (AvgIpc) is 2.89. The number of hydrogen-bond acceptors (Lipinski definition) is 7. The minimum absolute atomic E-state index is 0.0848. The molecule has 0 atom stereocenters. The number of amides is 1. The number of non-ortho nitro benzene ring substituents is 1. The van der Waals surface area contributed by atoms with E-state index in [1.54, 1.807) is 31.2 Å². The summed E-state index contributed by atoms with van der Waals surface area (Å²) in [5.74, 6) is -0.767. The normalized spacial score (nSPS) is 15.4. The van der Waals surface area contributed by atoms with Gasteiger partial charge in [-0.25, -0.2) is 0 Å². The van der Waals surface area contributed by atoms with Gasteiger partial charge >= 0.3 is 5.91 Å². The van der Waals surface area contributed by atoms with Gasteiger partial charge in [0.25, 0.3) is 5.69 Å². The molecular weight excluding hydrogens is 326 g/mol. The van der Waals surface area contributed by atoms with Crippen molar-refractivity contribution in [2.75, 3.05) is 10.4 Å². The van der Waals surface area contributed by atoms with Crippen LogP contribution in [0.15, 0.2) is 58.7 Å². The smallest absolute Gasteiger partial charge is 0.301 e. The Morgan fingerprint density at radius 2 is 1.96 bits per heavy atom. The predicted molar refractivity (Wildman–Crippen MR) is 92.9 cm³/mol. The zero-order valence-corrected chi connectivity index (χ0v) is 13.1. The lowest BCUT2D eigenvalue weighted by Gasteiger charge is -2.10. The van der Waals surface area contributed by atoms with Crippen molar-refractivity contribution in [1.82, 2.24) is 0 Å². The van der Waals surface area contributed by atoms with Gasteiger partial charge in [0.15, 0.2) is 5.71 Å². The zero-order chi connectivity index (χ0) is 18.0. The van der Waals surface area contributed by atoms with E-state index in [0.717, 1.165) is 6.07 Å². The van der Waals surface area contributed by atoms with Crippen molar-refractivity contribution in [3.63, 3.8) is 0 Å². The monoisotopic (exact) mass is 339 g/mol. The number of benzene rings is 2. The van der Waals surface area contributed by atoms with E-state index in [9.17, 15) is 20.0 Å². The van der Waals surface area contributed by atoms with Crippen molar-refractivity contribution in [3.05, 3.63) is 58.6 Å². The number of hydrogen-bond donors (Lipinski definition) is 2. The van der Waals surface area contributed by atoms with Gasteiger partial charge in [-0.05, 0) is 25.1 Å². The molecule has 0 radical (unpaired) electrons. The molecule has 0 fully saturated rings. The molecule has 1 heterocycles. The number of hydrazone groups is 2. The molecule has 0 aliphatic carbocycles. The minimum Gasteiger partial charge on any atom is -0.505 e. The molecule has 0 saturated heterocycles. The largest absolute Gasteiger partial charge is 0.505 e. The van der Waals surface area contributed by atoms with Crippen molar-refractivity contribution in [2.24, 2.45) is 10.2 Å². The van der Waals surface area contributed by atoms with Crippen LogP contribution < -0.4 is 10.4 Å². The maximum atomic E-state index is 12.5. The van der Waals surface area contributed by atoms with E-state index >= 15 is 0 Å². The summed E-state index contributed by atoms with van der Waals surface area (Å²) in [5, 5.41) is 29.9. The standard InChI is InChI=1S/C16H13N5O4/c1-10-15(16(23)20(19-10)11-5-3-2-4-6-11)18-17-13-8-7-12(21(24)25)9-14(13)22/h2-9,17,22H,1H3/b18-15-. The number of phenolic OH excluding ortho intramolecular Hbond substituents is 1. The molecule has 1 amide bonds. The summed E-state index contributed by atoms with van der Waals surface area (Å²) < 4.78 is 0. The Bertz CT molecular complexity index is 908. The van der Waals surface area contributed by atoms with Gasteiger partial charge in [-0.15, -0.1) is 0 Å². The highest BCUT2D eigenvalue weighted by Crippen LogP contribution is 2.28. The summed E-state index contributed by atoms with van der Waals surface area (Å²) in [6, 6.07) is 12.4. The maximum absolute atomic E-state index is 12.5. The Morgan fingerprint density at radius 1 is 1.24 bits per heavy atom. The lowest BCUT2D eigenvalue weighted by molar-refractivity contribution is -0.384. The number of anilines is 2. The summed E-state index contributed by atoms with van der Waals surface area (Å²) in [4.78, 5) is 22.5. The van der Waals surface area contributed by atoms with Crippen molar-refractivity contribution in [1.29, 1.82) is 0 Å². The molecule has 0 unspecified atom stereocenters. The Morgan fingerprint density at radius 3 is 2.60 bits per heavy atom. The number of aromatic hydroxyl groups is 1. The number of nitro groups is 1. The number of para-hydroxylation sites is 1. The third kappa shape index (κ3) is 3.15. The molecule has 1 aliphatic heterocycles. The van der Waals surface area contributed by atoms with Crippen LogP contribution in [0.4, 0.5) is 17.1 Å². The lowest BCUT2D eigenvalue weighted by Crippen LogP contribution is -2.27. The highest BCUT2D eigenvalue weighted by molar-refractivity contribution is 6.71. The molecule has 9 nitrogen and oxygen atoms in total. The van der Waals surface area contributed by atoms with E-state index in [0.29, 0.717) is 11.4 Å². The second-order valence-electron chi connectivity index (χ2n) is 5.17. The molecule has 1 aliphatic rings. The third-order valence-corrected chi connectivity index (χ3v) is 3.47. The van der Waals surface area contributed by atoms with Gasteiger partial charge in [0.05, 0.1) is 28.1 Å². The first-order valence-electron chi connectivity index (χ1n) is 7.23. The van der Waals surface area contributed by atoms with Gasteiger partial charge < -0.3 is 5.11 Å². The van der Waals surface area contributed by atoms with Crippen LogP contribution >= 0.6 is 0 Å². The van der Waals surface area contributed by atoms with E-state index in [2.05, 4.69) is 15.6 Å². The average molecular weight is 339 g/mol. The first-order valence-corrected chi connectivity index (χ1v) is 7.23. The number of carbonyl (C=O) groups is 1. The number of phenols is 1. The molecule has 0 bridgehead atoms. The van der Waals surface area contributed by atoms with E-state index in [1.807, 2.05) is 6.07 Å². The summed E-state index contributed by atoms with van der Waals surface area (Å²) >= 11 is 0. The van der Waals surface area contributed by atoms with Crippen LogP contribution in [-0.2, 0) is 4.79 Å². The van der Waals surface area contributed by atoms with Crippen molar-refractivity contribution < 1.29 is 14.8 Å². The van der Waals surface area contributed by atoms with Crippen LogP contribution in [0.2, 0.25) is 0 Å². The number of nitrogens with zero attached hydrogens (tertiary/aromatic N) is 4. The number of nitro benzene ring substituents is 1. The Labute approximate surface area is 142 Å². The highest BCUT2D eigenvalue weighted by atomic mass is 16.6. The summed E-state index contributed by atoms with van der Waals surface area (Å²) in [7, 11) is 0. The van der Waals surface area contributed by atoms with E-state index < -0.39 is 10.8 Å². The molecule has 0 spiro atoms. The van der Waals surface area contributed by atoms with Crippen LogP contribution in [-0.4, -0.2) is 27.4 Å². The topological polar surface area (TPSA) is 120 Å². The first-order chi connectivity index (χ1) is 12.0. The molecule has 2 aromatic rings. The van der Waals surface area contributed by atoms with Crippen molar-refractivity contribution in [3.8, 4) is 5.75 Å². The third-order valence-electron chi connectivity index (χ3n) is 3.47. The summed E-state index contributed by atoms with van der Waals surface area (Å²) in [6.45, 7) is 1.64. The van der Waals surface area contributed by atoms with Crippen LogP contribution in [0.25, 0.3) is 0 Å². The zero-order valence-electron chi connectivity index (χ0n) is 13.1. The van der Waals surface area contributed by atoms with Crippen LogP contribution in [0, 0.1) is 10.1 Å². The van der Waals surface area contributed by atoms with Gasteiger partial charge in [-0.1, -0.05) is 18.2 Å². The SMILES string of the molecule is CC1=NN(c2ccccc2)C(=O)/C1=N\Nc1ccc([N+](=O)[O-])cc1O. The maximum Gasteiger partial charge on any atom is 0.301 e. The van der Waals surface area contributed by atoms with Gasteiger partial charge in [-0.2, -0.15) is 15.2 Å². The fourth-order valence-electron chi connectivity index (χ4n) is 2.22. The molecule has 2 aromatic carbocycles. The van der Waals surface area contributed by atoms with Gasteiger partial charge in [0, 0.05) is 6.07 Å². The molecule has 0 aromatic heterocycles. The van der Waals surface area contributed by atoms with E-state index in [4.69, 9.17) is 0 Å². The number of carbonyl (C=O) groups excluding carboxylic acids is 1. The molecule has 0 saturated carbocycles. The quantitative estimate of drug-likeness (QED) is 0.503. The Hall–Kier alpha value is -3.75. The molecule has 126 valence electrons. The van der Waals surface area contributed by atoms with Crippen LogP contribution in [0.5, 0.6) is 5.75 Å². The van der Waals surface area contributed by atoms with Gasteiger partial charge in [0.1, 0.15) is 5.75 Å². The van der Waals surface area contributed by atoms with Crippen LogP contribution in [0.1, 0.15) is 6.92 Å². The second-order valence-corrected chi connectivity index (χ2v) is 5.17. The number of rotatable bonds is 4. The van der Waals surface area contributed by atoms with Gasteiger partial charge in [0.2, 0.25) is 0 Å². The molecule has 3 rings (SSSR count). The van der Waals surface area contributed by atoms with E-state index in [1.165, 1.54) is 17.1 Å².